The van der Waals surface area contributed by atoms with Crippen molar-refractivity contribution < 1.29 is 19.1 Å². The molecule has 8 heteroatoms. The predicted molar refractivity (Wildman–Crippen MR) is 85.9 cm³/mol. The number of ether oxygens (including phenoxy) is 2. The molecule has 3 atom stereocenters. The Hall–Kier alpha value is -2.35. The molecule has 2 amide bonds. The van der Waals surface area contributed by atoms with Gasteiger partial charge in [-0.15, -0.1) is 0 Å². The number of anilines is 2. The van der Waals surface area contributed by atoms with Crippen LogP contribution < -0.4 is 20.7 Å². The second kappa shape index (κ2) is 5.07. The van der Waals surface area contributed by atoms with Gasteiger partial charge in [0, 0.05) is 12.5 Å². The molecule has 4 rings (SSSR count). The van der Waals surface area contributed by atoms with E-state index in [1.807, 2.05) is 0 Å². The zero-order valence-electron chi connectivity index (χ0n) is 13.6. The van der Waals surface area contributed by atoms with Crippen molar-refractivity contribution in [2.75, 3.05) is 10.2 Å². The third-order valence-corrected chi connectivity index (χ3v) is 4.81. The number of carbonyl (C=O) groups excluding carboxylic acids is 2. The van der Waals surface area contributed by atoms with Gasteiger partial charge >= 0.3 is 6.09 Å². The van der Waals surface area contributed by atoms with Crippen LogP contribution in [0.15, 0.2) is 12.1 Å². The van der Waals surface area contributed by atoms with Crippen LogP contribution in [-0.4, -0.2) is 40.8 Å². The fraction of sp³-hybridized carbons (Fsp3) is 0.562. The van der Waals surface area contributed by atoms with Crippen LogP contribution in [0, 0.1) is 0 Å². The fourth-order valence-electron chi connectivity index (χ4n) is 3.47. The summed E-state index contributed by atoms with van der Waals surface area (Å²) in [6.07, 6.45) is 1.64. The maximum Gasteiger partial charge on any atom is 0.416 e. The van der Waals surface area contributed by atoms with Crippen LogP contribution in [-0.2, 0) is 9.53 Å². The van der Waals surface area contributed by atoms with E-state index in [0.29, 0.717) is 23.8 Å². The molecule has 8 nitrogen and oxygen atoms in total. The lowest BCUT2D eigenvalue weighted by Gasteiger charge is -2.33. The molecule has 2 aliphatic heterocycles. The Morgan fingerprint density at radius 1 is 1.33 bits per heavy atom. The molecule has 128 valence electrons. The van der Waals surface area contributed by atoms with E-state index in [1.165, 1.54) is 0 Å². The van der Waals surface area contributed by atoms with E-state index >= 15 is 0 Å². The van der Waals surface area contributed by atoms with Crippen LogP contribution in [0.1, 0.15) is 33.1 Å². The summed E-state index contributed by atoms with van der Waals surface area (Å²) in [5, 5.41) is 2.73. The summed E-state index contributed by atoms with van der Waals surface area (Å²) in [6.45, 7) is 3.37. The van der Waals surface area contributed by atoms with E-state index in [1.54, 1.807) is 30.9 Å². The molecule has 0 radical (unpaired) electrons. The molecular weight excluding hydrogens is 312 g/mol. The molecule has 1 aromatic heterocycles. The van der Waals surface area contributed by atoms with Crippen molar-refractivity contribution in [2.24, 2.45) is 5.73 Å². The van der Waals surface area contributed by atoms with Gasteiger partial charge in [0.25, 0.3) is 5.91 Å². The van der Waals surface area contributed by atoms with Gasteiger partial charge in [-0.05, 0) is 38.8 Å². The lowest BCUT2D eigenvalue weighted by Crippen LogP contribution is -2.46. The Balaban J connectivity index is 1.65. The van der Waals surface area contributed by atoms with Crippen LogP contribution in [0.25, 0.3) is 0 Å². The van der Waals surface area contributed by atoms with Crippen molar-refractivity contribution in [2.45, 2.75) is 56.9 Å². The SMILES string of the molecule is CC1(C)Oc2ccc(N3C(=O)O[C@H]4C[C@@H](N)CC[C@@H]43)nc2NC1=O. The third-order valence-electron chi connectivity index (χ3n) is 4.81. The summed E-state index contributed by atoms with van der Waals surface area (Å²) < 4.78 is 11.1. The standard InChI is InChI=1S/C16H20N4O4/c1-16(2)14(21)19-13-10(24-16)5-6-12(18-13)20-9-4-3-8(17)7-11(9)23-15(20)22/h5-6,8-9,11H,3-4,7,17H2,1-2H3,(H,18,19,21)/t8-,9-,11-/m0/s1. The Morgan fingerprint density at radius 3 is 2.92 bits per heavy atom. The molecule has 1 saturated carbocycles. The van der Waals surface area contributed by atoms with Gasteiger partial charge in [0.15, 0.2) is 17.2 Å². The van der Waals surface area contributed by atoms with Gasteiger partial charge in [-0.2, -0.15) is 0 Å². The van der Waals surface area contributed by atoms with E-state index < -0.39 is 11.7 Å². The number of nitrogens with one attached hydrogen (secondary N) is 1. The van der Waals surface area contributed by atoms with E-state index in [0.717, 1.165) is 12.8 Å². The summed E-state index contributed by atoms with van der Waals surface area (Å²) in [6, 6.07) is 3.42. The Bertz CT molecular complexity index is 720. The van der Waals surface area contributed by atoms with Crippen molar-refractivity contribution in [3.05, 3.63) is 12.1 Å². The lowest BCUT2D eigenvalue weighted by atomic mass is 9.89. The normalized spacial score (nSPS) is 30.8. The number of nitrogens with zero attached hydrogens (tertiary/aromatic N) is 2. The van der Waals surface area contributed by atoms with Crippen LogP contribution in [0.4, 0.5) is 16.4 Å². The van der Waals surface area contributed by atoms with E-state index in [-0.39, 0.29) is 24.1 Å². The highest BCUT2D eigenvalue weighted by Gasteiger charge is 2.46. The molecule has 1 saturated heterocycles. The third kappa shape index (κ3) is 2.29. The Kier molecular flexibility index (Phi) is 3.21. The van der Waals surface area contributed by atoms with Gasteiger partial charge in [0.1, 0.15) is 11.9 Å². The van der Waals surface area contributed by atoms with Crippen LogP contribution in [0.3, 0.4) is 0 Å². The number of fused-ring (bicyclic) bond motifs is 2. The van der Waals surface area contributed by atoms with E-state index in [4.69, 9.17) is 15.2 Å². The maximum absolute atomic E-state index is 12.3. The quantitative estimate of drug-likeness (QED) is 0.805. The van der Waals surface area contributed by atoms with Gasteiger partial charge in [-0.25, -0.2) is 9.78 Å². The van der Waals surface area contributed by atoms with Gasteiger partial charge in [0.2, 0.25) is 0 Å². The summed E-state index contributed by atoms with van der Waals surface area (Å²) >= 11 is 0. The van der Waals surface area contributed by atoms with Crippen LogP contribution >= 0.6 is 0 Å². The summed E-state index contributed by atoms with van der Waals surface area (Å²) in [5.41, 5.74) is 5.01. The first kappa shape index (κ1) is 15.2. The number of rotatable bonds is 1. The highest BCUT2D eigenvalue weighted by Crippen LogP contribution is 2.38. The molecule has 3 aliphatic rings. The first-order valence-corrected chi connectivity index (χ1v) is 8.12. The number of hydrogen-bond donors (Lipinski definition) is 2. The Morgan fingerprint density at radius 2 is 2.12 bits per heavy atom. The van der Waals surface area contributed by atoms with Crippen LogP contribution in [0.2, 0.25) is 0 Å². The lowest BCUT2D eigenvalue weighted by molar-refractivity contribution is -0.129. The molecule has 3 heterocycles. The second-order valence-electron chi connectivity index (χ2n) is 7.02. The molecule has 1 aromatic rings. The summed E-state index contributed by atoms with van der Waals surface area (Å²) in [7, 11) is 0. The minimum atomic E-state index is -0.951. The first-order chi connectivity index (χ1) is 11.3. The van der Waals surface area contributed by atoms with Gasteiger partial charge < -0.3 is 20.5 Å². The van der Waals surface area contributed by atoms with Crippen molar-refractivity contribution >= 4 is 23.6 Å². The number of aromatic nitrogens is 1. The van der Waals surface area contributed by atoms with E-state index in [2.05, 4.69) is 10.3 Å². The number of nitrogens with two attached hydrogens (primary N) is 1. The molecule has 3 N–H and O–H groups in total. The average molecular weight is 332 g/mol. The maximum atomic E-state index is 12.3. The topological polar surface area (TPSA) is 107 Å². The summed E-state index contributed by atoms with van der Waals surface area (Å²) in [5.74, 6) is 0.981. The molecule has 2 fully saturated rings. The van der Waals surface area contributed by atoms with Crippen molar-refractivity contribution in [1.82, 2.24) is 4.98 Å². The minimum absolute atomic E-state index is 0.0606. The molecular formula is C16H20N4O4. The molecule has 0 bridgehead atoms. The van der Waals surface area contributed by atoms with Crippen LogP contribution in [0.5, 0.6) is 5.75 Å². The van der Waals surface area contributed by atoms with Gasteiger partial charge in [-0.3, -0.25) is 9.69 Å². The Labute approximate surface area is 139 Å². The predicted octanol–water partition coefficient (Wildman–Crippen LogP) is 1.40. The minimum Gasteiger partial charge on any atom is -0.474 e. The van der Waals surface area contributed by atoms with Gasteiger partial charge in [-0.1, -0.05) is 0 Å². The van der Waals surface area contributed by atoms with Crippen molar-refractivity contribution in [1.29, 1.82) is 0 Å². The molecule has 24 heavy (non-hydrogen) atoms. The molecule has 0 aromatic carbocycles. The number of hydrogen-bond acceptors (Lipinski definition) is 6. The number of carbonyl (C=O) groups is 2. The average Bonchev–Trinajstić information content (AvgIpc) is 2.82. The zero-order chi connectivity index (χ0) is 17.1. The molecule has 0 spiro atoms. The zero-order valence-corrected chi connectivity index (χ0v) is 13.6. The van der Waals surface area contributed by atoms with Gasteiger partial charge in [0.05, 0.1) is 6.04 Å². The molecule has 1 aliphatic carbocycles. The van der Waals surface area contributed by atoms with Crippen molar-refractivity contribution in [3.8, 4) is 5.75 Å². The van der Waals surface area contributed by atoms with Crippen molar-refractivity contribution in [3.63, 3.8) is 0 Å². The largest absolute Gasteiger partial charge is 0.474 e. The highest BCUT2D eigenvalue weighted by atomic mass is 16.6. The number of amides is 2. The fourth-order valence-corrected chi connectivity index (χ4v) is 3.47. The first-order valence-electron chi connectivity index (χ1n) is 8.12. The summed E-state index contributed by atoms with van der Waals surface area (Å²) in [4.78, 5) is 30.3. The smallest absolute Gasteiger partial charge is 0.416 e. The highest BCUT2D eigenvalue weighted by molar-refractivity contribution is 5.99. The monoisotopic (exact) mass is 332 g/mol. The number of pyridine rings is 1. The van der Waals surface area contributed by atoms with E-state index in [9.17, 15) is 9.59 Å². The second-order valence-corrected chi connectivity index (χ2v) is 7.02. The molecule has 0 unspecified atom stereocenters.